The monoisotopic (exact) mass is 210 g/mol. The molecule has 0 fully saturated rings. The van der Waals surface area contributed by atoms with Crippen LogP contribution in [0.15, 0.2) is 23.8 Å². The third-order valence-electron chi connectivity index (χ3n) is 2.19. The SMILES string of the molecule is O=C1C=CC(=O)C(CCCCC(O)O)=C1. The molecule has 0 heterocycles. The standard InChI is InChI=1S/C11H14O4/c12-9-5-6-10(13)8(7-9)3-1-2-4-11(14)15/h5-7,11,14-15H,1-4H2. The largest absolute Gasteiger partial charge is 0.368 e. The van der Waals surface area contributed by atoms with Gasteiger partial charge in [-0.2, -0.15) is 0 Å². The molecule has 4 nitrogen and oxygen atoms in total. The van der Waals surface area contributed by atoms with Crippen LogP contribution < -0.4 is 0 Å². The molecule has 0 bridgehead atoms. The minimum Gasteiger partial charge on any atom is -0.368 e. The summed E-state index contributed by atoms with van der Waals surface area (Å²) in [6.45, 7) is 0. The first-order valence-corrected chi connectivity index (χ1v) is 4.92. The van der Waals surface area contributed by atoms with Gasteiger partial charge in [-0.1, -0.05) is 0 Å². The number of carbonyl (C=O) groups is 2. The van der Waals surface area contributed by atoms with E-state index in [2.05, 4.69) is 0 Å². The molecule has 82 valence electrons. The van der Waals surface area contributed by atoms with Gasteiger partial charge in [0.05, 0.1) is 0 Å². The highest BCUT2D eigenvalue weighted by Crippen LogP contribution is 2.14. The molecule has 15 heavy (non-hydrogen) atoms. The molecule has 0 aromatic rings. The lowest BCUT2D eigenvalue weighted by Crippen LogP contribution is -2.08. The van der Waals surface area contributed by atoms with E-state index < -0.39 is 6.29 Å². The van der Waals surface area contributed by atoms with Crippen molar-refractivity contribution in [2.45, 2.75) is 32.0 Å². The molecule has 0 aromatic carbocycles. The van der Waals surface area contributed by atoms with Gasteiger partial charge in [0.1, 0.15) is 0 Å². The maximum Gasteiger partial charge on any atom is 0.182 e. The molecule has 0 amide bonds. The summed E-state index contributed by atoms with van der Waals surface area (Å²) < 4.78 is 0. The summed E-state index contributed by atoms with van der Waals surface area (Å²) in [5.74, 6) is -0.286. The number of unbranched alkanes of at least 4 members (excludes halogenated alkanes) is 1. The lowest BCUT2D eigenvalue weighted by atomic mass is 9.98. The second-order valence-electron chi connectivity index (χ2n) is 3.50. The van der Waals surface area contributed by atoms with Crippen LogP contribution in [-0.2, 0) is 9.59 Å². The van der Waals surface area contributed by atoms with E-state index in [4.69, 9.17) is 10.2 Å². The highest BCUT2D eigenvalue weighted by molar-refractivity contribution is 6.17. The third-order valence-corrected chi connectivity index (χ3v) is 2.19. The number of ketones is 2. The molecule has 4 heteroatoms. The summed E-state index contributed by atoms with van der Waals surface area (Å²) in [4.78, 5) is 22.2. The van der Waals surface area contributed by atoms with Gasteiger partial charge in [0.15, 0.2) is 17.9 Å². The van der Waals surface area contributed by atoms with Gasteiger partial charge in [-0.05, 0) is 43.9 Å². The van der Waals surface area contributed by atoms with Gasteiger partial charge < -0.3 is 10.2 Å². The summed E-state index contributed by atoms with van der Waals surface area (Å²) in [5, 5.41) is 17.2. The molecule has 0 spiro atoms. The molecular weight excluding hydrogens is 196 g/mol. The Hall–Kier alpha value is -1.26. The van der Waals surface area contributed by atoms with Gasteiger partial charge in [-0.15, -0.1) is 0 Å². The fourth-order valence-corrected chi connectivity index (χ4v) is 1.39. The number of aliphatic hydroxyl groups excluding tert-OH is 1. The Bertz CT molecular complexity index is 313. The number of allylic oxidation sites excluding steroid dienone is 4. The predicted molar refractivity (Wildman–Crippen MR) is 53.9 cm³/mol. The Morgan fingerprint density at radius 3 is 2.53 bits per heavy atom. The van der Waals surface area contributed by atoms with Gasteiger partial charge >= 0.3 is 0 Å². The van der Waals surface area contributed by atoms with Crippen molar-refractivity contribution in [2.24, 2.45) is 0 Å². The molecule has 0 aromatic heterocycles. The Kier molecular flexibility index (Phi) is 4.39. The quantitative estimate of drug-likeness (QED) is 0.393. The van der Waals surface area contributed by atoms with Crippen molar-refractivity contribution in [1.82, 2.24) is 0 Å². The highest BCUT2D eigenvalue weighted by atomic mass is 16.5. The van der Waals surface area contributed by atoms with Crippen molar-refractivity contribution in [3.63, 3.8) is 0 Å². The number of hydrogen-bond donors (Lipinski definition) is 2. The van der Waals surface area contributed by atoms with E-state index in [9.17, 15) is 9.59 Å². The zero-order valence-corrected chi connectivity index (χ0v) is 8.35. The second-order valence-corrected chi connectivity index (χ2v) is 3.50. The first kappa shape index (κ1) is 11.8. The van der Waals surface area contributed by atoms with Crippen LogP contribution in [0.3, 0.4) is 0 Å². The molecule has 0 unspecified atom stereocenters. The fraction of sp³-hybridized carbons (Fsp3) is 0.455. The Morgan fingerprint density at radius 1 is 1.13 bits per heavy atom. The maximum absolute atomic E-state index is 11.3. The van der Waals surface area contributed by atoms with E-state index in [0.717, 1.165) is 0 Å². The van der Waals surface area contributed by atoms with Crippen molar-refractivity contribution in [3.05, 3.63) is 23.8 Å². The smallest absolute Gasteiger partial charge is 0.182 e. The minimum absolute atomic E-state index is 0.126. The molecule has 0 saturated heterocycles. The van der Waals surface area contributed by atoms with E-state index >= 15 is 0 Å². The Balaban J connectivity index is 2.32. The molecule has 1 rings (SSSR count). The van der Waals surface area contributed by atoms with Crippen LogP contribution in [0.1, 0.15) is 25.7 Å². The zero-order chi connectivity index (χ0) is 11.3. The zero-order valence-electron chi connectivity index (χ0n) is 8.35. The van der Waals surface area contributed by atoms with Gasteiger partial charge in [-0.25, -0.2) is 0 Å². The van der Waals surface area contributed by atoms with Gasteiger partial charge in [-0.3, -0.25) is 9.59 Å². The van der Waals surface area contributed by atoms with Crippen molar-refractivity contribution in [1.29, 1.82) is 0 Å². The Morgan fingerprint density at radius 2 is 1.87 bits per heavy atom. The maximum atomic E-state index is 11.3. The average molecular weight is 210 g/mol. The van der Waals surface area contributed by atoms with Crippen molar-refractivity contribution in [2.75, 3.05) is 0 Å². The van der Waals surface area contributed by atoms with Gasteiger partial charge in [0, 0.05) is 5.57 Å². The summed E-state index contributed by atoms with van der Waals surface area (Å²) in [7, 11) is 0. The predicted octanol–water partition coefficient (Wildman–Crippen LogP) is 0.492. The molecule has 2 N–H and O–H groups in total. The number of hydrogen-bond acceptors (Lipinski definition) is 4. The first-order chi connectivity index (χ1) is 7.09. The molecule has 0 radical (unpaired) electrons. The normalized spacial score (nSPS) is 16.1. The second kappa shape index (κ2) is 5.58. The molecule has 0 saturated carbocycles. The van der Waals surface area contributed by atoms with Crippen LogP contribution in [0.5, 0.6) is 0 Å². The van der Waals surface area contributed by atoms with Crippen molar-refractivity contribution < 1.29 is 19.8 Å². The van der Waals surface area contributed by atoms with Crippen LogP contribution in [0.4, 0.5) is 0 Å². The fourth-order valence-electron chi connectivity index (χ4n) is 1.39. The van der Waals surface area contributed by atoms with E-state index in [1.165, 1.54) is 18.2 Å². The first-order valence-electron chi connectivity index (χ1n) is 4.92. The van der Waals surface area contributed by atoms with E-state index in [-0.39, 0.29) is 11.6 Å². The van der Waals surface area contributed by atoms with Crippen LogP contribution in [-0.4, -0.2) is 28.1 Å². The van der Waals surface area contributed by atoms with E-state index in [0.29, 0.717) is 31.3 Å². The molecule has 1 aliphatic rings. The third kappa shape index (κ3) is 4.18. The van der Waals surface area contributed by atoms with Crippen LogP contribution in [0.25, 0.3) is 0 Å². The number of rotatable bonds is 5. The number of aliphatic hydroxyl groups is 2. The van der Waals surface area contributed by atoms with Crippen molar-refractivity contribution >= 4 is 11.6 Å². The van der Waals surface area contributed by atoms with Crippen LogP contribution >= 0.6 is 0 Å². The highest BCUT2D eigenvalue weighted by Gasteiger charge is 2.12. The van der Waals surface area contributed by atoms with Gasteiger partial charge in [0.25, 0.3) is 0 Å². The molecule has 0 atom stereocenters. The Labute approximate surface area is 87.9 Å². The lowest BCUT2D eigenvalue weighted by molar-refractivity contribution is -0.114. The topological polar surface area (TPSA) is 74.6 Å². The average Bonchev–Trinajstić information content (AvgIpc) is 2.17. The molecule has 0 aliphatic heterocycles. The number of carbonyl (C=O) groups excluding carboxylic acids is 2. The summed E-state index contributed by atoms with van der Waals surface area (Å²) in [5.41, 5.74) is 0.509. The van der Waals surface area contributed by atoms with Gasteiger partial charge in [0.2, 0.25) is 0 Å². The lowest BCUT2D eigenvalue weighted by Gasteiger charge is -2.07. The minimum atomic E-state index is -1.29. The van der Waals surface area contributed by atoms with E-state index in [1.807, 2.05) is 0 Å². The van der Waals surface area contributed by atoms with Crippen LogP contribution in [0, 0.1) is 0 Å². The molecule has 1 aliphatic carbocycles. The summed E-state index contributed by atoms with van der Waals surface area (Å²) in [6, 6.07) is 0. The molecular formula is C11H14O4. The summed E-state index contributed by atoms with van der Waals surface area (Å²) in [6.07, 6.45) is 4.70. The summed E-state index contributed by atoms with van der Waals surface area (Å²) >= 11 is 0. The van der Waals surface area contributed by atoms with Crippen molar-refractivity contribution in [3.8, 4) is 0 Å². The van der Waals surface area contributed by atoms with E-state index in [1.54, 1.807) is 0 Å². The van der Waals surface area contributed by atoms with Crippen LogP contribution in [0.2, 0.25) is 0 Å².